The smallest absolute Gasteiger partial charge is 0.119 e. The van der Waals surface area contributed by atoms with Crippen LogP contribution < -0.4 is 4.74 Å². The Balaban J connectivity index is 2.71. The van der Waals surface area contributed by atoms with Crippen molar-refractivity contribution < 1.29 is 4.74 Å². The minimum Gasteiger partial charge on any atom is -0.497 e. The third-order valence-electron chi connectivity index (χ3n) is 3.65. The maximum absolute atomic E-state index is 5.40. The average Bonchev–Trinajstić information content (AvgIpc) is 2.69. The Bertz CT molecular complexity index is 630. The van der Waals surface area contributed by atoms with Crippen molar-refractivity contribution in [3.8, 4) is 5.75 Å². The second kappa shape index (κ2) is 5.32. The van der Waals surface area contributed by atoms with Crippen LogP contribution in [0.4, 0.5) is 0 Å². The predicted molar refractivity (Wildman–Crippen MR) is 95.1 cm³/mol. The summed E-state index contributed by atoms with van der Waals surface area (Å²) >= 11 is 0. The summed E-state index contributed by atoms with van der Waals surface area (Å²) in [7, 11) is 1.38. The molecule has 116 valence electrons. The van der Waals surface area contributed by atoms with Crippen LogP contribution in [0.3, 0.4) is 0 Å². The van der Waals surface area contributed by atoms with Crippen molar-refractivity contribution in [1.82, 2.24) is 4.34 Å². The van der Waals surface area contributed by atoms with E-state index >= 15 is 0 Å². The van der Waals surface area contributed by atoms with Gasteiger partial charge in [-0.1, -0.05) is 41.5 Å². The molecule has 2 aromatic rings. The van der Waals surface area contributed by atoms with E-state index in [4.69, 9.17) is 4.74 Å². The molecule has 1 aromatic carbocycles. The molecule has 0 N–H and O–H groups in total. The molecule has 21 heavy (non-hydrogen) atoms. The van der Waals surface area contributed by atoms with Gasteiger partial charge in [0.1, 0.15) is 5.75 Å². The fourth-order valence-corrected chi connectivity index (χ4v) is 7.35. The molecule has 0 amide bonds. The van der Waals surface area contributed by atoms with Crippen molar-refractivity contribution in [2.45, 2.75) is 58.8 Å². The van der Waals surface area contributed by atoms with E-state index < -0.39 is 0 Å². The molecule has 0 aliphatic carbocycles. The van der Waals surface area contributed by atoms with Crippen LogP contribution in [0.5, 0.6) is 5.75 Å². The second-order valence-corrected chi connectivity index (χ2v) is 11.4. The molecule has 2 rings (SSSR count). The van der Waals surface area contributed by atoms with Gasteiger partial charge in [0.2, 0.25) is 0 Å². The second-order valence-electron chi connectivity index (χ2n) is 7.70. The molecule has 1 aromatic heterocycles. The van der Waals surface area contributed by atoms with E-state index in [0.717, 1.165) is 5.75 Å². The monoisotopic (exact) mass is 305 g/mol. The lowest BCUT2D eigenvalue weighted by molar-refractivity contribution is 0.415. The van der Waals surface area contributed by atoms with Crippen LogP contribution in [0.2, 0.25) is 0 Å². The Morgan fingerprint density at radius 2 is 1.57 bits per heavy atom. The average molecular weight is 305 g/mol. The predicted octanol–water partition coefficient (Wildman–Crippen LogP) is 5.80. The highest BCUT2D eigenvalue weighted by molar-refractivity contribution is 7.59. The van der Waals surface area contributed by atoms with Crippen LogP contribution in [0.25, 0.3) is 10.9 Å². The summed E-state index contributed by atoms with van der Waals surface area (Å²) < 4.78 is 7.93. The van der Waals surface area contributed by atoms with Crippen molar-refractivity contribution >= 4 is 19.0 Å². The van der Waals surface area contributed by atoms with Crippen LogP contribution in [-0.2, 0) is 0 Å². The molecular weight excluding hydrogens is 277 g/mol. The summed E-state index contributed by atoms with van der Waals surface area (Å²) in [5.41, 5.74) is 2.64. The normalized spacial score (nSPS) is 13.2. The minimum atomic E-state index is -0.355. The van der Waals surface area contributed by atoms with Crippen molar-refractivity contribution in [3.05, 3.63) is 30.0 Å². The van der Waals surface area contributed by atoms with Crippen molar-refractivity contribution in [3.63, 3.8) is 0 Å². The van der Waals surface area contributed by atoms with Gasteiger partial charge in [-0.2, -0.15) is 0 Å². The number of hydrogen-bond acceptors (Lipinski definition) is 1. The number of hydrogen-bond donors (Lipinski definition) is 0. The van der Waals surface area contributed by atoms with Gasteiger partial charge >= 0.3 is 0 Å². The SMILES string of the molecule is COc1cc(C)c2c(ccn2P(C(C)(C)C)C(C)(C)C)c1. The Hall–Kier alpha value is -1.01. The van der Waals surface area contributed by atoms with Gasteiger partial charge in [-0.05, 0) is 30.7 Å². The van der Waals surface area contributed by atoms with E-state index in [9.17, 15) is 0 Å². The van der Waals surface area contributed by atoms with Gasteiger partial charge in [-0.3, -0.25) is 0 Å². The van der Waals surface area contributed by atoms with Gasteiger partial charge in [0.05, 0.1) is 12.6 Å². The number of fused-ring (bicyclic) bond motifs is 1. The third kappa shape index (κ3) is 3.11. The lowest BCUT2D eigenvalue weighted by Crippen LogP contribution is -2.28. The zero-order chi connectivity index (χ0) is 16.0. The zero-order valence-corrected chi connectivity index (χ0v) is 15.5. The molecule has 0 bridgehead atoms. The molecule has 0 aliphatic heterocycles. The number of benzene rings is 1. The molecule has 1 heterocycles. The zero-order valence-electron chi connectivity index (χ0n) is 14.6. The molecule has 0 atom stereocenters. The Kier molecular flexibility index (Phi) is 4.14. The summed E-state index contributed by atoms with van der Waals surface area (Å²) in [4.78, 5) is 0. The number of ether oxygens (including phenoxy) is 1. The highest BCUT2D eigenvalue weighted by Crippen LogP contribution is 2.61. The Morgan fingerprint density at radius 3 is 2.05 bits per heavy atom. The first kappa shape index (κ1) is 16.4. The van der Waals surface area contributed by atoms with Gasteiger partial charge < -0.3 is 9.07 Å². The molecule has 0 aliphatic rings. The van der Waals surface area contributed by atoms with Gasteiger partial charge in [-0.15, -0.1) is 0 Å². The van der Waals surface area contributed by atoms with E-state index in [-0.39, 0.29) is 18.4 Å². The van der Waals surface area contributed by atoms with Gasteiger partial charge in [0, 0.05) is 30.0 Å². The van der Waals surface area contributed by atoms with E-state index in [1.165, 1.54) is 16.5 Å². The quantitative estimate of drug-likeness (QED) is 0.639. The molecule has 0 saturated carbocycles. The van der Waals surface area contributed by atoms with Crippen LogP contribution in [-0.4, -0.2) is 21.8 Å². The first-order valence-electron chi connectivity index (χ1n) is 7.52. The van der Waals surface area contributed by atoms with E-state index in [1.54, 1.807) is 7.11 Å². The molecule has 2 nitrogen and oxygen atoms in total. The van der Waals surface area contributed by atoms with Crippen LogP contribution in [0.15, 0.2) is 24.4 Å². The molecule has 0 spiro atoms. The number of rotatable bonds is 2. The molecule has 0 unspecified atom stereocenters. The lowest BCUT2D eigenvalue weighted by atomic mass is 10.1. The van der Waals surface area contributed by atoms with Gasteiger partial charge in [-0.25, -0.2) is 0 Å². The first-order valence-corrected chi connectivity index (χ1v) is 8.81. The maximum Gasteiger partial charge on any atom is 0.119 e. The fourth-order valence-electron chi connectivity index (χ4n) is 3.38. The number of nitrogens with zero attached hydrogens (tertiary/aromatic N) is 1. The van der Waals surface area contributed by atoms with Gasteiger partial charge in [0.15, 0.2) is 0 Å². The van der Waals surface area contributed by atoms with E-state index in [2.05, 4.69) is 77.2 Å². The topological polar surface area (TPSA) is 14.2 Å². The largest absolute Gasteiger partial charge is 0.497 e. The molecule has 0 radical (unpaired) electrons. The molecule has 0 fully saturated rings. The van der Waals surface area contributed by atoms with Crippen molar-refractivity contribution in [1.29, 1.82) is 0 Å². The third-order valence-corrected chi connectivity index (χ3v) is 6.96. The van der Waals surface area contributed by atoms with E-state index in [1.807, 2.05) is 0 Å². The summed E-state index contributed by atoms with van der Waals surface area (Å²) in [6.07, 6.45) is 2.26. The molecule has 3 heteroatoms. The fraction of sp³-hybridized carbons (Fsp3) is 0.556. The highest BCUT2D eigenvalue weighted by Gasteiger charge is 2.36. The van der Waals surface area contributed by atoms with Crippen LogP contribution in [0, 0.1) is 6.92 Å². The lowest BCUT2D eigenvalue weighted by Gasteiger charge is -2.42. The number of aromatic nitrogens is 1. The van der Waals surface area contributed by atoms with Crippen LogP contribution in [0.1, 0.15) is 47.1 Å². The maximum atomic E-state index is 5.40. The highest BCUT2D eigenvalue weighted by atomic mass is 31.1. The van der Waals surface area contributed by atoms with Crippen LogP contribution >= 0.6 is 8.07 Å². The molecular formula is C18H28NOP. The minimum absolute atomic E-state index is 0.256. The van der Waals surface area contributed by atoms with Crippen molar-refractivity contribution in [2.24, 2.45) is 0 Å². The summed E-state index contributed by atoms with van der Waals surface area (Å²) in [5, 5.41) is 1.78. The van der Waals surface area contributed by atoms with E-state index in [0.29, 0.717) is 0 Å². The molecule has 0 saturated heterocycles. The summed E-state index contributed by atoms with van der Waals surface area (Å²) in [6, 6.07) is 6.49. The Morgan fingerprint density at radius 1 is 1.00 bits per heavy atom. The standard InChI is InChI=1S/C18H28NOP/c1-13-11-15(20-8)12-14-9-10-19(16(13)14)21(17(2,3)4)18(5,6)7/h9-12H,1-8H3. The number of methoxy groups -OCH3 is 1. The van der Waals surface area contributed by atoms with Gasteiger partial charge in [0.25, 0.3) is 0 Å². The summed E-state index contributed by atoms with van der Waals surface area (Å²) in [5.74, 6) is 0.939. The summed E-state index contributed by atoms with van der Waals surface area (Å²) in [6.45, 7) is 16.3. The first-order chi connectivity index (χ1) is 9.55. The number of aryl methyl sites for hydroxylation is 1. The van der Waals surface area contributed by atoms with Crippen molar-refractivity contribution in [2.75, 3.05) is 7.11 Å². The Labute approximate surface area is 130 Å².